The maximum atomic E-state index is 5.36. The minimum atomic E-state index is 0.256. The van der Waals surface area contributed by atoms with Gasteiger partial charge in [0.05, 0.1) is 18.8 Å². The third kappa shape index (κ3) is 5.74. The van der Waals surface area contributed by atoms with E-state index in [1.807, 2.05) is 18.2 Å². The van der Waals surface area contributed by atoms with Gasteiger partial charge in [0.25, 0.3) is 0 Å². The smallest absolute Gasteiger partial charge is 0.191 e. The van der Waals surface area contributed by atoms with E-state index in [0.717, 1.165) is 31.2 Å². The van der Waals surface area contributed by atoms with Crippen molar-refractivity contribution in [3.63, 3.8) is 0 Å². The van der Waals surface area contributed by atoms with Crippen LogP contribution in [0.25, 0.3) is 0 Å². The number of furan rings is 1. The average molecular weight is 328 g/mol. The van der Waals surface area contributed by atoms with Gasteiger partial charge in [0.15, 0.2) is 5.96 Å². The van der Waals surface area contributed by atoms with Crippen molar-refractivity contribution in [1.82, 2.24) is 15.5 Å². The molecule has 1 heterocycles. The highest BCUT2D eigenvalue weighted by atomic mass is 16.3. The molecule has 5 heteroatoms. The molecule has 0 saturated carbocycles. The monoisotopic (exact) mass is 328 g/mol. The summed E-state index contributed by atoms with van der Waals surface area (Å²) in [6.45, 7) is 4.40. The van der Waals surface area contributed by atoms with Crippen molar-refractivity contribution in [1.29, 1.82) is 0 Å². The van der Waals surface area contributed by atoms with E-state index in [-0.39, 0.29) is 6.04 Å². The van der Waals surface area contributed by atoms with Crippen molar-refractivity contribution in [2.75, 3.05) is 33.7 Å². The summed E-state index contributed by atoms with van der Waals surface area (Å²) < 4.78 is 5.36. The fourth-order valence-electron chi connectivity index (χ4n) is 2.52. The molecule has 0 radical (unpaired) electrons. The third-order valence-electron chi connectivity index (χ3n) is 3.82. The van der Waals surface area contributed by atoms with Crippen molar-refractivity contribution in [3.05, 3.63) is 60.1 Å². The number of guanidine groups is 1. The van der Waals surface area contributed by atoms with E-state index in [1.165, 1.54) is 5.56 Å². The quantitative estimate of drug-likeness (QED) is 0.578. The molecule has 0 spiro atoms. The maximum Gasteiger partial charge on any atom is 0.191 e. The van der Waals surface area contributed by atoms with Gasteiger partial charge >= 0.3 is 0 Å². The van der Waals surface area contributed by atoms with Crippen LogP contribution in [0.5, 0.6) is 0 Å². The Bertz CT molecular complexity index is 593. The van der Waals surface area contributed by atoms with Crippen LogP contribution in [0.3, 0.4) is 0 Å². The van der Waals surface area contributed by atoms with Crippen molar-refractivity contribution < 1.29 is 4.42 Å². The zero-order valence-electron chi connectivity index (χ0n) is 14.8. The highest BCUT2D eigenvalue weighted by Gasteiger charge is 2.13. The Labute approximate surface area is 144 Å². The molecular formula is C19H28N4O. The van der Waals surface area contributed by atoms with Crippen LogP contribution < -0.4 is 10.6 Å². The first-order valence-corrected chi connectivity index (χ1v) is 8.46. The van der Waals surface area contributed by atoms with E-state index in [4.69, 9.17) is 9.41 Å². The number of likely N-dealkylation sites (N-methyl/N-ethyl adjacent to an activating group) is 1. The van der Waals surface area contributed by atoms with Crippen LogP contribution in [0, 0.1) is 0 Å². The van der Waals surface area contributed by atoms with Gasteiger partial charge in [-0.2, -0.15) is 0 Å². The molecular weight excluding hydrogens is 300 g/mol. The van der Waals surface area contributed by atoms with Gasteiger partial charge < -0.3 is 20.0 Å². The van der Waals surface area contributed by atoms with Crippen LogP contribution in [-0.2, 0) is 6.42 Å². The Kier molecular flexibility index (Phi) is 7.36. The van der Waals surface area contributed by atoms with Crippen molar-refractivity contribution in [2.45, 2.75) is 19.4 Å². The van der Waals surface area contributed by atoms with E-state index < -0.39 is 0 Å². The third-order valence-corrected chi connectivity index (χ3v) is 3.82. The molecule has 1 aromatic heterocycles. The Balaban J connectivity index is 1.94. The second-order valence-electron chi connectivity index (χ2n) is 5.87. The predicted molar refractivity (Wildman–Crippen MR) is 99.3 cm³/mol. The Morgan fingerprint density at radius 2 is 1.92 bits per heavy atom. The van der Waals surface area contributed by atoms with Gasteiger partial charge in [-0.15, -0.1) is 0 Å². The van der Waals surface area contributed by atoms with Crippen molar-refractivity contribution in [3.8, 4) is 0 Å². The zero-order chi connectivity index (χ0) is 17.2. The Morgan fingerprint density at radius 1 is 1.12 bits per heavy atom. The average Bonchev–Trinajstić information content (AvgIpc) is 3.09. The summed E-state index contributed by atoms with van der Waals surface area (Å²) in [5, 5.41) is 6.66. The normalized spacial score (nSPS) is 13.1. The van der Waals surface area contributed by atoms with Gasteiger partial charge in [-0.25, -0.2) is 0 Å². The SMILES string of the molecule is CCNC(=NCC(c1ccccc1)N(C)C)NCCc1ccco1. The summed E-state index contributed by atoms with van der Waals surface area (Å²) >= 11 is 0. The van der Waals surface area contributed by atoms with Crippen LogP contribution in [0.4, 0.5) is 0 Å². The highest BCUT2D eigenvalue weighted by molar-refractivity contribution is 5.79. The zero-order valence-corrected chi connectivity index (χ0v) is 14.8. The lowest BCUT2D eigenvalue weighted by atomic mass is 10.1. The van der Waals surface area contributed by atoms with Gasteiger partial charge in [-0.3, -0.25) is 4.99 Å². The van der Waals surface area contributed by atoms with E-state index in [2.05, 4.69) is 60.8 Å². The first-order chi connectivity index (χ1) is 11.7. The van der Waals surface area contributed by atoms with Gasteiger partial charge in [-0.05, 0) is 38.7 Å². The summed E-state index contributed by atoms with van der Waals surface area (Å²) in [5.41, 5.74) is 1.28. The number of benzene rings is 1. The predicted octanol–water partition coefficient (Wildman–Crippen LogP) is 2.68. The lowest BCUT2D eigenvalue weighted by molar-refractivity contribution is 0.306. The molecule has 1 aromatic carbocycles. The topological polar surface area (TPSA) is 52.8 Å². The van der Waals surface area contributed by atoms with Crippen LogP contribution >= 0.6 is 0 Å². The summed E-state index contributed by atoms with van der Waals surface area (Å²) in [6.07, 6.45) is 2.55. The van der Waals surface area contributed by atoms with Crippen molar-refractivity contribution in [2.24, 2.45) is 4.99 Å². The molecule has 5 nitrogen and oxygen atoms in total. The van der Waals surface area contributed by atoms with Crippen LogP contribution in [0.2, 0.25) is 0 Å². The number of hydrogen-bond donors (Lipinski definition) is 2. The lowest BCUT2D eigenvalue weighted by Gasteiger charge is -2.23. The minimum Gasteiger partial charge on any atom is -0.469 e. The van der Waals surface area contributed by atoms with Crippen LogP contribution in [-0.4, -0.2) is 44.6 Å². The van der Waals surface area contributed by atoms with Crippen LogP contribution in [0.1, 0.15) is 24.3 Å². The number of hydrogen-bond acceptors (Lipinski definition) is 3. The Hall–Kier alpha value is -2.27. The van der Waals surface area contributed by atoms with Gasteiger partial charge in [0.2, 0.25) is 0 Å². The maximum absolute atomic E-state index is 5.36. The number of rotatable bonds is 8. The van der Waals surface area contributed by atoms with Gasteiger partial charge in [-0.1, -0.05) is 30.3 Å². The molecule has 0 amide bonds. The summed E-state index contributed by atoms with van der Waals surface area (Å²) in [4.78, 5) is 6.95. The summed E-state index contributed by atoms with van der Waals surface area (Å²) in [7, 11) is 4.18. The fraction of sp³-hybridized carbons (Fsp3) is 0.421. The van der Waals surface area contributed by atoms with E-state index in [9.17, 15) is 0 Å². The molecule has 0 aliphatic rings. The molecule has 1 atom stereocenters. The molecule has 2 N–H and O–H groups in total. The number of nitrogens with one attached hydrogen (secondary N) is 2. The highest BCUT2D eigenvalue weighted by Crippen LogP contribution is 2.17. The van der Waals surface area contributed by atoms with Gasteiger partial charge in [0, 0.05) is 19.5 Å². The largest absolute Gasteiger partial charge is 0.469 e. The van der Waals surface area contributed by atoms with E-state index in [1.54, 1.807) is 6.26 Å². The van der Waals surface area contributed by atoms with Gasteiger partial charge in [0.1, 0.15) is 5.76 Å². The number of aliphatic imine (C=N–C) groups is 1. The first kappa shape index (κ1) is 18.1. The summed E-state index contributed by atoms with van der Waals surface area (Å²) in [6, 6.07) is 14.6. The molecule has 0 aliphatic heterocycles. The van der Waals surface area contributed by atoms with E-state index >= 15 is 0 Å². The molecule has 0 aliphatic carbocycles. The fourth-order valence-corrected chi connectivity index (χ4v) is 2.52. The molecule has 24 heavy (non-hydrogen) atoms. The molecule has 0 bridgehead atoms. The minimum absolute atomic E-state index is 0.256. The van der Waals surface area contributed by atoms with Crippen LogP contribution in [0.15, 0.2) is 58.1 Å². The molecule has 0 fully saturated rings. The molecule has 1 unspecified atom stereocenters. The molecule has 2 rings (SSSR count). The standard InChI is InChI=1S/C19H28N4O/c1-4-20-19(21-13-12-17-11-8-14-24-17)22-15-18(23(2)3)16-9-6-5-7-10-16/h5-11,14,18H,4,12-13,15H2,1-3H3,(H2,20,21,22). The molecule has 130 valence electrons. The molecule has 2 aromatic rings. The summed E-state index contributed by atoms with van der Waals surface area (Å²) in [5.74, 6) is 1.82. The number of nitrogens with zero attached hydrogens (tertiary/aromatic N) is 2. The Morgan fingerprint density at radius 3 is 2.54 bits per heavy atom. The molecule has 0 saturated heterocycles. The van der Waals surface area contributed by atoms with E-state index in [0.29, 0.717) is 6.54 Å². The van der Waals surface area contributed by atoms with Crippen molar-refractivity contribution >= 4 is 5.96 Å². The second-order valence-corrected chi connectivity index (χ2v) is 5.87. The lowest BCUT2D eigenvalue weighted by Crippen LogP contribution is -2.39. The first-order valence-electron chi connectivity index (χ1n) is 8.46. The second kappa shape index (κ2) is 9.78.